The van der Waals surface area contributed by atoms with Crippen molar-refractivity contribution in [1.29, 1.82) is 0 Å². The number of nitrogens with zero attached hydrogens (tertiary/aromatic N) is 3. The van der Waals surface area contributed by atoms with Crippen LogP contribution in [-0.2, 0) is 7.05 Å². The van der Waals surface area contributed by atoms with E-state index in [2.05, 4.69) is 26.6 Å². The SMILES string of the molecule is C#CCCC1(CCNC(=O)c2cc(=O)[nH]n2C)N=N1. The van der Waals surface area contributed by atoms with E-state index >= 15 is 0 Å². The molecule has 1 aromatic heterocycles. The molecule has 1 aliphatic rings. The standard InChI is InChI=1S/C12H15N5O2/c1-3-4-5-12(15-16-12)6-7-13-11(19)9-8-10(18)14-17(9)2/h1,8H,4-7H2,2H3,(H,13,19)(H,14,18). The summed E-state index contributed by atoms with van der Waals surface area (Å²) in [6.07, 6.45) is 7.15. The lowest BCUT2D eigenvalue weighted by Crippen LogP contribution is -2.29. The first kappa shape index (κ1) is 13.1. The number of amides is 1. The number of aryl methyl sites for hydroxylation is 1. The average Bonchev–Trinajstić information content (AvgIpc) is 3.05. The van der Waals surface area contributed by atoms with Crippen LogP contribution in [0.5, 0.6) is 0 Å². The highest BCUT2D eigenvalue weighted by atomic mass is 16.2. The maximum Gasteiger partial charge on any atom is 0.269 e. The smallest absolute Gasteiger partial charge is 0.269 e. The van der Waals surface area contributed by atoms with E-state index in [1.807, 2.05) is 0 Å². The summed E-state index contributed by atoms with van der Waals surface area (Å²) in [6.45, 7) is 0.440. The molecule has 2 N–H and O–H groups in total. The van der Waals surface area contributed by atoms with E-state index in [4.69, 9.17) is 6.42 Å². The van der Waals surface area contributed by atoms with E-state index in [0.29, 0.717) is 31.5 Å². The van der Waals surface area contributed by atoms with Crippen molar-refractivity contribution in [3.05, 3.63) is 22.1 Å². The Balaban J connectivity index is 1.80. The Morgan fingerprint density at radius 2 is 2.32 bits per heavy atom. The molecule has 7 heteroatoms. The first-order valence-electron chi connectivity index (χ1n) is 5.98. The fourth-order valence-electron chi connectivity index (χ4n) is 1.83. The third-order valence-corrected chi connectivity index (χ3v) is 3.00. The van der Waals surface area contributed by atoms with E-state index < -0.39 is 5.66 Å². The summed E-state index contributed by atoms with van der Waals surface area (Å²) >= 11 is 0. The van der Waals surface area contributed by atoms with Crippen LogP contribution in [0.4, 0.5) is 0 Å². The predicted molar refractivity (Wildman–Crippen MR) is 68.6 cm³/mol. The van der Waals surface area contributed by atoms with Crippen molar-refractivity contribution in [3.8, 4) is 12.3 Å². The molecule has 0 fully saturated rings. The summed E-state index contributed by atoms with van der Waals surface area (Å²) in [4.78, 5) is 22.9. The summed E-state index contributed by atoms with van der Waals surface area (Å²) in [5, 5.41) is 13.2. The molecule has 0 aromatic carbocycles. The Hall–Kier alpha value is -2.36. The molecule has 0 saturated heterocycles. The van der Waals surface area contributed by atoms with Gasteiger partial charge in [-0.3, -0.25) is 19.4 Å². The molecule has 0 radical (unpaired) electrons. The van der Waals surface area contributed by atoms with Gasteiger partial charge in [0.05, 0.1) is 0 Å². The Morgan fingerprint density at radius 3 is 2.84 bits per heavy atom. The van der Waals surface area contributed by atoms with Crippen molar-refractivity contribution in [2.75, 3.05) is 6.54 Å². The number of nitrogens with one attached hydrogen (secondary N) is 2. The van der Waals surface area contributed by atoms with Crippen LogP contribution in [0.1, 0.15) is 29.8 Å². The van der Waals surface area contributed by atoms with Crippen molar-refractivity contribution in [3.63, 3.8) is 0 Å². The molecule has 7 nitrogen and oxygen atoms in total. The van der Waals surface area contributed by atoms with Crippen molar-refractivity contribution >= 4 is 5.91 Å². The maximum absolute atomic E-state index is 11.8. The normalized spacial score (nSPS) is 14.9. The minimum atomic E-state index is -0.399. The van der Waals surface area contributed by atoms with Crippen LogP contribution in [0.25, 0.3) is 0 Å². The summed E-state index contributed by atoms with van der Waals surface area (Å²) in [6, 6.07) is 1.26. The molecule has 0 bridgehead atoms. The van der Waals surface area contributed by atoms with Crippen molar-refractivity contribution in [2.45, 2.75) is 24.9 Å². The molecule has 1 aliphatic heterocycles. The number of rotatable bonds is 6. The fourth-order valence-corrected chi connectivity index (χ4v) is 1.83. The number of carbonyl (C=O) groups excluding carboxylic acids is 1. The average molecular weight is 261 g/mol. The number of aromatic amines is 1. The summed E-state index contributed by atoms with van der Waals surface area (Å²) in [7, 11) is 1.61. The van der Waals surface area contributed by atoms with Gasteiger partial charge in [-0.05, 0) is 0 Å². The van der Waals surface area contributed by atoms with Gasteiger partial charge in [-0.25, -0.2) is 0 Å². The number of H-pyrrole nitrogens is 1. The van der Waals surface area contributed by atoms with Crippen LogP contribution in [-0.4, -0.2) is 27.9 Å². The summed E-state index contributed by atoms with van der Waals surface area (Å²) in [5.74, 6) is 2.25. The Kier molecular flexibility index (Phi) is 3.51. The predicted octanol–water partition coefficient (Wildman–Crippen LogP) is 0.409. The first-order chi connectivity index (χ1) is 9.06. The highest BCUT2D eigenvalue weighted by molar-refractivity contribution is 5.92. The molecule has 0 atom stereocenters. The lowest BCUT2D eigenvalue weighted by atomic mass is 10.0. The van der Waals surface area contributed by atoms with Gasteiger partial charge in [-0.15, -0.1) is 12.3 Å². The van der Waals surface area contributed by atoms with Gasteiger partial charge in [0, 0.05) is 38.9 Å². The number of hydrogen-bond acceptors (Lipinski definition) is 4. The molecule has 0 aliphatic carbocycles. The number of hydrogen-bond donors (Lipinski definition) is 2. The molecule has 2 rings (SSSR count). The van der Waals surface area contributed by atoms with E-state index in [9.17, 15) is 9.59 Å². The second kappa shape index (κ2) is 5.10. The van der Waals surface area contributed by atoms with Crippen LogP contribution in [0.3, 0.4) is 0 Å². The second-order valence-electron chi connectivity index (χ2n) is 4.46. The van der Waals surface area contributed by atoms with Gasteiger partial charge in [-0.1, -0.05) is 0 Å². The second-order valence-corrected chi connectivity index (χ2v) is 4.46. The van der Waals surface area contributed by atoms with Crippen LogP contribution in [0.15, 0.2) is 21.1 Å². The molecule has 0 saturated carbocycles. The van der Waals surface area contributed by atoms with E-state index in [1.54, 1.807) is 7.05 Å². The molecule has 1 amide bonds. The minimum Gasteiger partial charge on any atom is -0.351 e. The highest BCUT2D eigenvalue weighted by Gasteiger charge is 2.38. The van der Waals surface area contributed by atoms with Crippen LogP contribution >= 0.6 is 0 Å². The van der Waals surface area contributed by atoms with Crippen molar-refractivity contribution < 1.29 is 4.79 Å². The molecule has 1 aromatic rings. The molecule has 100 valence electrons. The zero-order valence-electron chi connectivity index (χ0n) is 10.6. The molecule has 0 unspecified atom stereocenters. The number of terminal acetylenes is 1. The zero-order chi connectivity index (χ0) is 13.9. The molecular formula is C12H15N5O2. The lowest BCUT2D eigenvalue weighted by Gasteiger charge is -2.09. The third-order valence-electron chi connectivity index (χ3n) is 3.00. The Bertz CT molecular complexity index is 598. The van der Waals surface area contributed by atoms with Gasteiger partial charge in [-0.2, -0.15) is 10.2 Å². The molecular weight excluding hydrogens is 246 g/mol. The van der Waals surface area contributed by atoms with E-state index in [-0.39, 0.29) is 11.5 Å². The Morgan fingerprint density at radius 1 is 1.58 bits per heavy atom. The monoisotopic (exact) mass is 261 g/mol. The summed E-state index contributed by atoms with van der Waals surface area (Å²) < 4.78 is 1.39. The van der Waals surface area contributed by atoms with Gasteiger partial charge in [0.25, 0.3) is 11.5 Å². The van der Waals surface area contributed by atoms with Gasteiger partial charge in [0.1, 0.15) is 5.69 Å². The maximum atomic E-state index is 11.8. The van der Waals surface area contributed by atoms with Gasteiger partial charge in [0.2, 0.25) is 0 Å². The van der Waals surface area contributed by atoms with Crippen LogP contribution in [0.2, 0.25) is 0 Å². The number of aromatic nitrogens is 2. The van der Waals surface area contributed by atoms with Gasteiger partial charge >= 0.3 is 0 Å². The first-order valence-corrected chi connectivity index (χ1v) is 5.98. The van der Waals surface area contributed by atoms with Gasteiger partial charge in [0.15, 0.2) is 5.66 Å². The summed E-state index contributed by atoms with van der Waals surface area (Å²) in [5.41, 5.74) is -0.401. The van der Waals surface area contributed by atoms with E-state index in [0.717, 1.165) is 0 Å². The van der Waals surface area contributed by atoms with Crippen LogP contribution in [0, 0.1) is 12.3 Å². The zero-order valence-corrected chi connectivity index (χ0v) is 10.6. The highest BCUT2D eigenvalue weighted by Crippen LogP contribution is 2.35. The minimum absolute atomic E-state index is 0.298. The molecule has 19 heavy (non-hydrogen) atoms. The van der Waals surface area contributed by atoms with Crippen LogP contribution < -0.4 is 10.9 Å². The Labute approximate surface area is 110 Å². The molecule has 0 spiro atoms. The van der Waals surface area contributed by atoms with Gasteiger partial charge < -0.3 is 5.32 Å². The topological polar surface area (TPSA) is 91.6 Å². The lowest BCUT2D eigenvalue weighted by molar-refractivity contribution is 0.0942. The largest absolute Gasteiger partial charge is 0.351 e. The molecule has 2 heterocycles. The quantitative estimate of drug-likeness (QED) is 0.726. The van der Waals surface area contributed by atoms with E-state index in [1.165, 1.54) is 10.7 Å². The third kappa shape index (κ3) is 3.10. The van der Waals surface area contributed by atoms with Crippen molar-refractivity contribution in [1.82, 2.24) is 15.1 Å². The van der Waals surface area contributed by atoms with Crippen molar-refractivity contribution in [2.24, 2.45) is 17.3 Å². The fraction of sp³-hybridized carbons (Fsp3) is 0.500. The number of carbonyl (C=O) groups is 1.